The number of nitroso groups, excluding NO2 is 1. The van der Waals surface area contributed by atoms with Crippen LogP contribution in [0.4, 0.5) is 15.8 Å². The Kier molecular flexibility index (Phi) is 8.82. The SMILES string of the molecule is CCN=O.CF.Cn1ncc2cc(Nc3cccc4c3C(=O)N(CC(=O)N3CCCC3)C4)cnc21. The van der Waals surface area contributed by atoms with Gasteiger partial charge in [0.1, 0.15) is 6.54 Å². The van der Waals surface area contributed by atoms with E-state index in [9.17, 15) is 14.0 Å². The second-order valence-corrected chi connectivity index (χ2v) is 8.06. The number of aryl methyl sites for hydroxylation is 1. The normalized spacial score (nSPS) is 14.1. The van der Waals surface area contributed by atoms with Gasteiger partial charge in [0.2, 0.25) is 5.91 Å². The van der Waals surface area contributed by atoms with E-state index < -0.39 is 0 Å². The van der Waals surface area contributed by atoms with Gasteiger partial charge in [-0.15, -0.1) is 0 Å². The van der Waals surface area contributed by atoms with E-state index >= 15 is 0 Å². The first kappa shape index (κ1) is 25.7. The standard InChI is InChI=1S/C21H22N6O2.C2H5NO.CH3F/c1-25-20-15(10-23-25)9-16(11-22-20)24-17-6-4-5-14-12-27(21(29)19(14)17)13-18(28)26-7-2-3-8-26;1-2-3-4;1-2/h4-6,9-11,24H,2-3,7-8,12-13H2,1H3;2H2,1H3;1H3. The van der Waals surface area contributed by atoms with Gasteiger partial charge in [0.25, 0.3) is 5.91 Å². The van der Waals surface area contributed by atoms with Crippen molar-refractivity contribution in [2.24, 2.45) is 12.2 Å². The zero-order chi connectivity index (χ0) is 25.4. The molecule has 35 heavy (non-hydrogen) atoms. The molecule has 2 aromatic heterocycles. The van der Waals surface area contributed by atoms with Crippen LogP contribution in [0.3, 0.4) is 0 Å². The number of anilines is 2. The van der Waals surface area contributed by atoms with Gasteiger partial charge in [-0.1, -0.05) is 17.3 Å². The van der Waals surface area contributed by atoms with Gasteiger partial charge in [-0.25, -0.2) is 4.98 Å². The summed E-state index contributed by atoms with van der Waals surface area (Å²) in [5.74, 6) is -0.0737. The molecule has 0 bridgehead atoms. The number of amides is 2. The maximum absolute atomic E-state index is 13.1. The van der Waals surface area contributed by atoms with Crippen LogP contribution in [0.5, 0.6) is 0 Å². The Morgan fingerprint density at radius 2 is 1.91 bits per heavy atom. The molecule has 2 amide bonds. The predicted octanol–water partition coefficient (Wildman–Crippen LogP) is 3.65. The summed E-state index contributed by atoms with van der Waals surface area (Å²) in [6, 6.07) is 7.72. The third-order valence-electron chi connectivity index (χ3n) is 5.78. The van der Waals surface area contributed by atoms with E-state index in [-0.39, 0.29) is 18.4 Å². The Balaban J connectivity index is 0.000000521. The molecule has 2 aliphatic rings. The number of nitrogens with one attached hydrogen (secondary N) is 1. The second-order valence-electron chi connectivity index (χ2n) is 8.06. The average molecular weight is 484 g/mol. The summed E-state index contributed by atoms with van der Waals surface area (Å²) in [6.07, 6.45) is 5.59. The van der Waals surface area contributed by atoms with Crippen LogP contribution in [-0.2, 0) is 18.4 Å². The number of nitrogens with zero attached hydrogens (tertiary/aromatic N) is 6. The van der Waals surface area contributed by atoms with Crippen LogP contribution in [0.2, 0.25) is 0 Å². The van der Waals surface area contributed by atoms with Gasteiger partial charge in [-0.2, -0.15) is 10.0 Å². The van der Waals surface area contributed by atoms with Gasteiger partial charge >= 0.3 is 0 Å². The maximum atomic E-state index is 13.1. The summed E-state index contributed by atoms with van der Waals surface area (Å²) in [7, 11) is 2.35. The molecule has 11 heteroatoms. The first-order valence-electron chi connectivity index (χ1n) is 11.4. The van der Waals surface area contributed by atoms with Crippen molar-refractivity contribution in [1.29, 1.82) is 0 Å². The first-order chi connectivity index (χ1) is 17.0. The summed E-state index contributed by atoms with van der Waals surface area (Å²) >= 11 is 0. The third kappa shape index (κ3) is 5.79. The number of alkyl halides is 1. The van der Waals surface area contributed by atoms with Gasteiger partial charge < -0.3 is 15.1 Å². The minimum absolute atomic E-state index is 0.0318. The molecular weight excluding hydrogens is 453 g/mol. The summed E-state index contributed by atoms with van der Waals surface area (Å²) in [6.45, 7) is 4.28. The van der Waals surface area contributed by atoms with Crippen LogP contribution in [0.25, 0.3) is 11.0 Å². The topological polar surface area (TPSA) is 113 Å². The lowest BCUT2D eigenvalue weighted by Crippen LogP contribution is -2.39. The van der Waals surface area contributed by atoms with E-state index in [1.165, 1.54) is 0 Å². The van der Waals surface area contributed by atoms with E-state index in [2.05, 4.69) is 20.6 Å². The smallest absolute Gasteiger partial charge is 0.257 e. The van der Waals surface area contributed by atoms with Crippen molar-refractivity contribution >= 4 is 34.2 Å². The maximum Gasteiger partial charge on any atom is 0.257 e. The number of fused-ring (bicyclic) bond motifs is 2. The summed E-state index contributed by atoms with van der Waals surface area (Å²) in [5, 5.41) is 10.9. The van der Waals surface area contributed by atoms with Crippen molar-refractivity contribution in [3.05, 3.63) is 52.7 Å². The Morgan fingerprint density at radius 3 is 2.60 bits per heavy atom. The molecule has 5 rings (SSSR count). The zero-order valence-electron chi connectivity index (χ0n) is 20.2. The summed E-state index contributed by atoms with van der Waals surface area (Å²) in [5.41, 5.74) is 3.89. The molecule has 1 saturated heterocycles. The van der Waals surface area contributed by atoms with E-state index in [0.717, 1.165) is 53.9 Å². The highest BCUT2D eigenvalue weighted by Crippen LogP contribution is 2.31. The fourth-order valence-electron chi connectivity index (χ4n) is 4.15. The molecule has 0 saturated carbocycles. The number of benzene rings is 1. The summed E-state index contributed by atoms with van der Waals surface area (Å²) < 4.78 is 11.2. The minimum Gasteiger partial charge on any atom is -0.354 e. The Bertz CT molecular complexity index is 1190. The zero-order valence-corrected chi connectivity index (χ0v) is 20.2. The van der Waals surface area contributed by atoms with Crippen molar-refractivity contribution in [3.8, 4) is 0 Å². The fraction of sp³-hybridized carbons (Fsp3) is 0.417. The second kappa shape index (κ2) is 12.0. The van der Waals surface area contributed by atoms with Crippen molar-refractivity contribution in [2.75, 3.05) is 38.7 Å². The number of pyridine rings is 1. The molecule has 1 aromatic carbocycles. The van der Waals surface area contributed by atoms with Crippen LogP contribution in [0.15, 0.2) is 41.8 Å². The number of likely N-dealkylation sites (tertiary alicyclic amines) is 1. The Hall–Kier alpha value is -3.89. The van der Waals surface area contributed by atoms with Crippen molar-refractivity contribution in [2.45, 2.75) is 26.3 Å². The van der Waals surface area contributed by atoms with Gasteiger partial charge in [0.05, 0.1) is 43.1 Å². The molecule has 186 valence electrons. The molecule has 1 N–H and O–H groups in total. The van der Waals surface area contributed by atoms with Crippen molar-refractivity contribution < 1.29 is 14.0 Å². The third-order valence-corrected chi connectivity index (χ3v) is 5.78. The quantitative estimate of drug-likeness (QED) is 0.555. The van der Waals surface area contributed by atoms with Gasteiger partial charge in [-0.3, -0.25) is 18.7 Å². The van der Waals surface area contributed by atoms with Gasteiger partial charge in [0.15, 0.2) is 5.65 Å². The van der Waals surface area contributed by atoms with Crippen LogP contribution < -0.4 is 5.32 Å². The molecule has 2 aliphatic heterocycles. The number of hydrogen-bond donors (Lipinski definition) is 1. The number of carbonyl (C=O) groups excluding carboxylic acids is 2. The molecule has 0 unspecified atom stereocenters. The number of rotatable bonds is 5. The van der Waals surface area contributed by atoms with E-state index in [1.54, 1.807) is 28.9 Å². The number of hydrogen-bond acceptors (Lipinski definition) is 7. The lowest BCUT2D eigenvalue weighted by atomic mass is 10.1. The fourth-order valence-corrected chi connectivity index (χ4v) is 4.15. The van der Waals surface area contributed by atoms with Crippen LogP contribution in [0.1, 0.15) is 35.7 Å². The lowest BCUT2D eigenvalue weighted by molar-refractivity contribution is -0.130. The molecular formula is C24H30FN7O3. The molecule has 0 spiro atoms. The summed E-state index contributed by atoms with van der Waals surface area (Å²) in [4.78, 5) is 42.4. The van der Waals surface area contributed by atoms with E-state index in [4.69, 9.17) is 4.91 Å². The Morgan fingerprint density at radius 1 is 1.20 bits per heavy atom. The molecule has 10 nitrogen and oxygen atoms in total. The van der Waals surface area contributed by atoms with Crippen LogP contribution in [-0.4, -0.2) is 69.7 Å². The van der Waals surface area contributed by atoms with Crippen molar-refractivity contribution in [1.82, 2.24) is 24.6 Å². The van der Waals surface area contributed by atoms with Crippen LogP contribution in [0, 0.1) is 4.91 Å². The average Bonchev–Trinajstić information content (AvgIpc) is 3.62. The Labute approximate surface area is 203 Å². The highest BCUT2D eigenvalue weighted by Gasteiger charge is 2.32. The molecule has 3 aromatic rings. The molecule has 1 fully saturated rings. The first-order valence-corrected chi connectivity index (χ1v) is 11.4. The monoisotopic (exact) mass is 483 g/mol. The molecule has 0 radical (unpaired) electrons. The predicted molar refractivity (Wildman–Crippen MR) is 132 cm³/mol. The number of aromatic nitrogens is 3. The van der Waals surface area contributed by atoms with Crippen molar-refractivity contribution in [3.63, 3.8) is 0 Å². The number of carbonyl (C=O) groups is 2. The number of halogens is 1. The van der Waals surface area contributed by atoms with E-state index in [0.29, 0.717) is 25.8 Å². The highest BCUT2D eigenvalue weighted by atomic mass is 19.1. The highest BCUT2D eigenvalue weighted by molar-refractivity contribution is 6.05. The molecule has 0 aliphatic carbocycles. The van der Waals surface area contributed by atoms with Crippen LogP contribution >= 0.6 is 0 Å². The molecule has 0 atom stereocenters. The largest absolute Gasteiger partial charge is 0.354 e. The van der Waals surface area contributed by atoms with Gasteiger partial charge in [0, 0.05) is 32.1 Å². The minimum atomic E-state index is -0.105. The lowest BCUT2D eigenvalue weighted by Gasteiger charge is -2.20. The van der Waals surface area contributed by atoms with Gasteiger partial charge in [-0.05, 0) is 37.5 Å². The molecule has 4 heterocycles. The van der Waals surface area contributed by atoms with E-state index in [1.807, 2.05) is 36.2 Å².